The van der Waals surface area contributed by atoms with Crippen LogP contribution in [0.4, 0.5) is 0 Å². The summed E-state index contributed by atoms with van der Waals surface area (Å²) in [6.07, 6.45) is 5.93. The Morgan fingerprint density at radius 2 is 1.81 bits per heavy atom. The molecule has 0 radical (unpaired) electrons. The van der Waals surface area contributed by atoms with Crippen molar-refractivity contribution in [2.75, 3.05) is 33.3 Å². The van der Waals surface area contributed by atoms with Crippen LogP contribution in [0, 0.1) is 0 Å². The van der Waals surface area contributed by atoms with Crippen molar-refractivity contribution in [1.29, 1.82) is 0 Å². The van der Waals surface area contributed by atoms with Gasteiger partial charge in [-0.05, 0) is 62.9 Å². The van der Waals surface area contributed by atoms with Crippen molar-refractivity contribution < 1.29 is 14.3 Å². The number of nitrogens with zero attached hydrogens (tertiary/aromatic N) is 2. The van der Waals surface area contributed by atoms with Gasteiger partial charge in [-0.25, -0.2) is 0 Å². The minimum absolute atomic E-state index is 0.148. The quantitative estimate of drug-likeness (QED) is 0.827. The van der Waals surface area contributed by atoms with E-state index >= 15 is 0 Å². The third-order valence-corrected chi connectivity index (χ3v) is 6.13. The van der Waals surface area contributed by atoms with Crippen LogP contribution in [0.3, 0.4) is 0 Å². The SMILES string of the molecule is COc1cccc(CCC(=O)N2CCC(C(N)=O)(N3CCCCC3)CC2)c1. The number of aryl methyl sites for hydroxylation is 1. The highest BCUT2D eigenvalue weighted by Crippen LogP contribution is 2.31. The lowest BCUT2D eigenvalue weighted by Crippen LogP contribution is -2.63. The Morgan fingerprint density at radius 3 is 2.44 bits per heavy atom. The summed E-state index contributed by atoms with van der Waals surface area (Å²) in [5.74, 6) is 0.730. The van der Waals surface area contributed by atoms with Crippen LogP contribution in [0.2, 0.25) is 0 Å². The van der Waals surface area contributed by atoms with E-state index < -0.39 is 5.54 Å². The number of primary amides is 1. The molecule has 0 unspecified atom stereocenters. The van der Waals surface area contributed by atoms with Crippen LogP contribution >= 0.6 is 0 Å². The molecule has 0 bridgehead atoms. The van der Waals surface area contributed by atoms with Crippen molar-refractivity contribution in [3.63, 3.8) is 0 Å². The molecule has 27 heavy (non-hydrogen) atoms. The highest BCUT2D eigenvalue weighted by Gasteiger charge is 2.45. The average molecular weight is 373 g/mol. The van der Waals surface area contributed by atoms with Crippen LogP contribution in [-0.2, 0) is 16.0 Å². The molecule has 3 rings (SSSR count). The van der Waals surface area contributed by atoms with E-state index in [0.717, 1.165) is 37.2 Å². The van der Waals surface area contributed by atoms with Gasteiger partial charge in [0.05, 0.1) is 7.11 Å². The summed E-state index contributed by atoms with van der Waals surface area (Å²) < 4.78 is 5.24. The lowest BCUT2D eigenvalue weighted by atomic mass is 9.83. The van der Waals surface area contributed by atoms with Gasteiger partial charge in [0.2, 0.25) is 11.8 Å². The molecule has 148 valence electrons. The number of hydrogen-bond acceptors (Lipinski definition) is 4. The molecular weight excluding hydrogens is 342 g/mol. The molecule has 0 atom stereocenters. The fraction of sp³-hybridized carbons (Fsp3) is 0.619. The molecule has 6 nitrogen and oxygen atoms in total. The van der Waals surface area contributed by atoms with Crippen molar-refractivity contribution in [2.24, 2.45) is 5.73 Å². The first-order chi connectivity index (χ1) is 13.0. The van der Waals surface area contributed by atoms with Crippen molar-refractivity contribution in [3.8, 4) is 5.75 Å². The van der Waals surface area contributed by atoms with Gasteiger partial charge >= 0.3 is 0 Å². The van der Waals surface area contributed by atoms with E-state index in [1.165, 1.54) is 6.42 Å². The molecule has 1 aromatic rings. The maximum Gasteiger partial charge on any atom is 0.238 e. The van der Waals surface area contributed by atoms with E-state index in [4.69, 9.17) is 10.5 Å². The molecular formula is C21H31N3O3. The summed E-state index contributed by atoms with van der Waals surface area (Å²) in [7, 11) is 1.64. The Hall–Kier alpha value is -2.08. The van der Waals surface area contributed by atoms with E-state index in [1.807, 2.05) is 29.2 Å². The molecule has 0 aliphatic carbocycles. The molecule has 0 aromatic heterocycles. The average Bonchev–Trinajstić information content (AvgIpc) is 2.72. The van der Waals surface area contributed by atoms with Gasteiger partial charge in [-0.2, -0.15) is 0 Å². The molecule has 2 heterocycles. The van der Waals surface area contributed by atoms with Crippen LogP contribution < -0.4 is 10.5 Å². The van der Waals surface area contributed by atoms with E-state index in [2.05, 4.69) is 4.90 Å². The zero-order valence-electron chi connectivity index (χ0n) is 16.3. The molecule has 2 N–H and O–H groups in total. The third-order valence-electron chi connectivity index (χ3n) is 6.13. The van der Waals surface area contributed by atoms with Crippen molar-refractivity contribution in [3.05, 3.63) is 29.8 Å². The monoisotopic (exact) mass is 373 g/mol. The van der Waals surface area contributed by atoms with Gasteiger partial charge < -0.3 is 15.4 Å². The zero-order chi connectivity index (χ0) is 19.3. The van der Waals surface area contributed by atoms with Crippen LogP contribution in [0.25, 0.3) is 0 Å². The molecule has 2 aliphatic rings. The summed E-state index contributed by atoms with van der Waals surface area (Å²) in [6, 6.07) is 7.83. The summed E-state index contributed by atoms with van der Waals surface area (Å²) in [4.78, 5) is 29.1. The number of amides is 2. The summed E-state index contributed by atoms with van der Waals surface area (Å²) in [6.45, 7) is 3.09. The topological polar surface area (TPSA) is 75.9 Å². The van der Waals surface area contributed by atoms with Crippen molar-refractivity contribution in [2.45, 2.75) is 50.5 Å². The van der Waals surface area contributed by atoms with Gasteiger partial charge in [-0.15, -0.1) is 0 Å². The van der Waals surface area contributed by atoms with E-state index in [-0.39, 0.29) is 11.8 Å². The number of likely N-dealkylation sites (tertiary alicyclic amines) is 2. The number of piperidine rings is 2. The largest absolute Gasteiger partial charge is 0.497 e. The number of benzene rings is 1. The maximum absolute atomic E-state index is 12.6. The molecule has 6 heteroatoms. The summed E-state index contributed by atoms with van der Waals surface area (Å²) in [5.41, 5.74) is 6.35. The highest BCUT2D eigenvalue weighted by molar-refractivity contribution is 5.85. The first-order valence-electron chi connectivity index (χ1n) is 10.0. The zero-order valence-corrected chi connectivity index (χ0v) is 16.3. The number of carbonyl (C=O) groups excluding carboxylic acids is 2. The number of methoxy groups -OCH3 is 1. The van der Waals surface area contributed by atoms with Crippen LogP contribution in [0.5, 0.6) is 5.75 Å². The first kappa shape index (κ1) is 19.7. The lowest BCUT2D eigenvalue weighted by Gasteiger charge is -2.48. The van der Waals surface area contributed by atoms with Crippen LogP contribution in [-0.4, -0.2) is 60.4 Å². The minimum Gasteiger partial charge on any atom is -0.497 e. The predicted octanol–water partition coefficient (Wildman–Crippen LogP) is 1.96. The number of nitrogens with two attached hydrogens (primary N) is 1. The predicted molar refractivity (Wildman–Crippen MR) is 104 cm³/mol. The Balaban J connectivity index is 1.55. The molecule has 2 fully saturated rings. The number of carbonyl (C=O) groups is 2. The van der Waals surface area contributed by atoms with Gasteiger partial charge in [0, 0.05) is 19.5 Å². The van der Waals surface area contributed by atoms with E-state index in [0.29, 0.717) is 38.8 Å². The second kappa shape index (κ2) is 8.74. The van der Waals surface area contributed by atoms with Crippen molar-refractivity contribution >= 4 is 11.8 Å². The fourth-order valence-corrected chi connectivity index (χ4v) is 4.40. The first-order valence-corrected chi connectivity index (χ1v) is 10.0. The van der Waals surface area contributed by atoms with E-state index in [9.17, 15) is 9.59 Å². The standard InChI is InChI=1S/C21H31N3O3/c1-27-18-7-5-6-17(16-18)8-9-19(25)23-14-10-21(11-15-23,20(22)26)24-12-3-2-4-13-24/h5-7,16H,2-4,8-15H2,1H3,(H2,22,26). The van der Waals surface area contributed by atoms with Gasteiger partial charge in [0.1, 0.15) is 11.3 Å². The second-order valence-electron chi connectivity index (χ2n) is 7.68. The Morgan fingerprint density at radius 1 is 1.11 bits per heavy atom. The summed E-state index contributed by atoms with van der Waals surface area (Å²) in [5, 5.41) is 0. The number of hydrogen-bond donors (Lipinski definition) is 1. The molecule has 2 amide bonds. The Labute approximate surface area is 161 Å². The van der Waals surface area contributed by atoms with Gasteiger partial charge in [-0.3, -0.25) is 14.5 Å². The van der Waals surface area contributed by atoms with Crippen LogP contribution in [0.1, 0.15) is 44.1 Å². The normalized spacial score (nSPS) is 20.3. The van der Waals surface area contributed by atoms with Crippen molar-refractivity contribution in [1.82, 2.24) is 9.80 Å². The van der Waals surface area contributed by atoms with E-state index in [1.54, 1.807) is 7.11 Å². The maximum atomic E-state index is 12.6. The molecule has 1 aromatic carbocycles. The van der Waals surface area contributed by atoms with Crippen LogP contribution in [0.15, 0.2) is 24.3 Å². The van der Waals surface area contributed by atoms with Gasteiger partial charge in [0.25, 0.3) is 0 Å². The van der Waals surface area contributed by atoms with Gasteiger partial charge in [-0.1, -0.05) is 18.6 Å². The second-order valence-corrected chi connectivity index (χ2v) is 7.68. The Kier molecular flexibility index (Phi) is 6.37. The number of ether oxygens (including phenoxy) is 1. The highest BCUT2D eigenvalue weighted by atomic mass is 16.5. The molecule has 0 spiro atoms. The minimum atomic E-state index is -0.565. The fourth-order valence-electron chi connectivity index (χ4n) is 4.40. The molecule has 0 saturated carbocycles. The molecule has 2 aliphatic heterocycles. The van der Waals surface area contributed by atoms with Gasteiger partial charge in [0.15, 0.2) is 0 Å². The number of rotatable bonds is 6. The smallest absolute Gasteiger partial charge is 0.238 e. The molecule has 2 saturated heterocycles. The Bertz CT molecular complexity index is 662. The lowest BCUT2D eigenvalue weighted by molar-refractivity contribution is -0.142. The third kappa shape index (κ3) is 4.43. The summed E-state index contributed by atoms with van der Waals surface area (Å²) >= 11 is 0.